The fraction of sp³-hybridized carbons (Fsp3) is 0.125. The number of hydrogen-bond donors (Lipinski definition) is 1. The SMILES string of the molecule is COc1cccc(C(=O)Nc2ccc(OCC(=O)[O-])cc2)c1. The molecule has 2 aromatic rings. The fourth-order valence-corrected chi connectivity index (χ4v) is 1.74. The van der Waals surface area contributed by atoms with Crippen molar-refractivity contribution in [1.29, 1.82) is 0 Å². The zero-order valence-corrected chi connectivity index (χ0v) is 11.9. The summed E-state index contributed by atoms with van der Waals surface area (Å²) in [6.45, 7) is -0.518. The number of methoxy groups -OCH3 is 1. The first-order valence-electron chi connectivity index (χ1n) is 6.46. The fourth-order valence-electron chi connectivity index (χ4n) is 1.74. The number of hydrogen-bond acceptors (Lipinski definition) is 5. The highest BCUT2D eigenvalue weighted by atomic mass is 16.5. The summed E-state index contributed by atoms with van der Waals surface area (Å²) in [4.78, 5) is 22.4. The van der Waals surface area contributed by atoms with Crippen molar-refractivity contribution in [1.82, 2.24) is 0 Å². The van der Waals surface area contributed by atoms with Gasteiger partial charge in [-0.15, -0.1) is 0 Å². The van der Waals surface area contributed by atoms with E-state index in [4.69, 9.17) is 9.47 Å². The highest BCUT2D eigenvalue weighted by molar-refractivity contribution is 6.04. The minimum absolute atomic E-state index is 0.276. The lowest BCUT2D eigenvalue weighted by molar-refractivity contribution is -0.307. The zero-order chi connectivity index (χ0) is 15.9. The topological polar surface area (TPSA) is 87.7 Å². The highest BCUT2D eigenvalue weighted by Crippen LogP contribution is 2.18. The number of carboxylic acid groups (broad SMARTS) is 1. The predicted molar refractivity (Wildman–Crippen MR) is 77.9 cm³/mol. The summed E-state index contributed by atoms with van der Waals surface area (Å²) in [5.41, 5.74) is 1.03. The average molecular weight is 300 g/mol. The molecule has 22 heavy (non-hydrogen) atoms. The van der Waals surface area contributed by atoms with E-state index in [9.17, 15) is 14.7 Å². The van der Waals surface area contributed by atoms with Crippen LogP contribution in [-0.2, 0) is 4.79 Å². The summed E-state index contributed by atoms with van der Waals surface area (Å²) in [6, 6.07) is 13.1. The van der Waals surface area contributed by atoms with Gasteiger partial charge in [0.05, 0.1) is 13.1 Å². The number of aliphatic carboxylic acids is 1. The van der Waals surface area contributed by atoms with Crippen molar-refractivity contribution in [3.63, 3.8) is 0 Å². The van der Waals surface area contributed by atoms with E-state index in [1.165, 1.54) is 7.11 Å². The van der Waals surface area contributed by atoms with Gasteiger partial charge in [0.1, 0.15) is 18.1 Å². The van der Waals surface area contributed by atoms with Crippen LogP contribution in [0, 0.1) is 0 Å². The molecule has 0 atom stereocenters. The molecule has 0 radical (unpaired) electrons. The Morgan fingerprint density at radius 3 is 2.45 bits per heavy atom. The van der Waals surface area contributed by atoms with Gasteiger partial charge in [0.2, 0.25) is 0 Å². The van der Waals surface area contributed by atoms with E-state index in [0.717, 1.165) is 0 Å². The standard InChI is InChI=1S/C16H15NO5/c1-21-14-4-2-3-11(9-14)16(20)17-12-5-7-13(8-6-12)22-10-15(18)19/h2-9H,10H2,1H3,(H,17,20)(H,18,19)/p-1. The summed E-state index contributed by atoms with van der Waals surface area (Å²) in [7, 11) is 1.53. The van der Waals surface area contributed by atoms with Gasteiger partial charge < -0.3 is 24.7 Å². The zero-order valence-electron chi connectivity index (χ0n) is 11.9. The van der Waals surface area contributed by atoms with E-state index < -0.39 is 12.6 Å². The third-order valence-electron chi connectivity index (χ3n) is 2.80. The van der Waals surface area contributed by atoms with Crippen LogP contribution in [0.5, 0.6) is 11.5 Å². The summed E-state index contributed by atoms with van der Waals surface area (Å²) >= 11 is 0. The van der Waals surface area contributed by atoms with Gasteiger partial charge in [0, 0.05) is 11.3 Å². The largest absolute Gasteiger partial charge is 0.546 e. The molecule has 114 valence electrons. The van der Waals surface area contributed by atoms with Crippen LogP contribution in [0.2, 0.25) is 0 Å². The summed E-state index contributed by atoms with van der Waals surface area (Å²) in [5, 5.41) is 13.0. The first-order valence-corrected chi connectivity index (χ1v) is 6.46. The van der Waals surface area contributed by atoms with Crippen molar-refractivity contribution in [2.24, 2.45) is 0 Å². The first-order chi connectivity index (χ1) is 10.6. The molecule has 6 nitrogen and oxygen atoms in total. The van der Waals surface area contributed by atoms with E-state index in [1.54, 1.807) is 48.5 Å². The van der Waals surface area contributed by atoms with Crippen molar-refractivity contribution in [3.05, 3.63) is 54.1 Å². The van der Waals surface area contributed by atoms with Gasteiger partial charge in [0.25, 0.3) is 5.91 Å². The van der Waals surface area contributed by atoms with E-state index in [2.05, 4.69) is 5.32 Å². The van der Waals surface area contributed by atoms with Crippen molar-refractivity contribution in [3.8, 4) is 11.5 Å². The number of amides is 1. The quantitative estimate of drug-likeness (QED) is 0.862. The lowest BCUT2D eigenvalue weighted by Gasteiger charge is -2.09. The molecule has 0 bridgehead atoms. The second-order valence-electron chi connectivity index (χ2n) is 4.37. The van der Waals surface area contributed by atoms with Crippen LogP contribution in [-0.4, -0.2) is 25.6 Å². The number of carbonyl (C=O) groups excluding carboxylic acids is 2. The molecule has 0 saturated carbocycles. The van der Waals surface area contributed by atoms with Gasteiger partial charge in [-0.1, -0.05) is 6.07 Å². The predicted octanol–water partition coefficient (Wildman–Crippen LogP) is 1.08. The minimum Gasteiger partial charge on any atom is -0.546 e. The van der Waals surface area contributed by atoms with Crippen LogP contribution in [0.1, 0.15) is 10.4 Å². The van der Waals surface area contributed by atoms with Gasteiger partial charge >= 0.3 is 0 Å². The molecule has 0 aliphatic rings. The number of rotatable bonds is 6. The molecule has 0 unspecified atom stereocenters. The molecule has 1 N–H and O–H groups in total. The van der Waals surface area contributed by atoms with Gasteiger partial charge in [-0.25, -0.2) is 0 Å². The lowest BCUT2D eigenvalue weighted by atomic mass is 10.2. The summed E-state index contributed by atoms with van der Waals surface area (Å²) in [5.74, 6) is -0.597. The molecule has 0 aromatic heterocycles. The van der Waals surface area contributed by atoms with Crippen LogP contribution in [0.4, 0.5) is 5.69 Å². The van der Waals surface area contributed by atoms with E-state index >= 15 is 0 Å². The lowest BCUT2D eigenvalue weighted by Crippen LogP contribution is -2.28. The normalized spacial score (nSPS) is 9.86. The maximum atomic E-state index is 12.1. The van der Waals surface area contributed by atoms with E-state index in [0.29, 0.717) is 22.7 Å². The van der Waals surface area contributed by atoms with Crippen LogP contribution in [0.3, 0.4) is 0 Å². The van der Waals surface area contributed by atoms with Crippen LogP contribution >= 0.6 is 0 Å². The third kappa shape index (κ3) is 4.24. The third-order valence-corrected chi connectivity index (χ3v) is 2.80. The Hall–Kier alpha value is -3.02. The monoisotopic (exact) mass is 300 g/mol. The first kappa shape index (κ1) is 15.4. The smallest absolute Gasteiger partial charge is 0.255 e. The molecule has 0 saturated heterocycles. The number of nitrogens with one attached hydrogen (secondary N) is 1. The van der Waals surface area contributed by atoms with Crippen molar-refractivity contribution in [2.45, 2.75) is 0 Å². The average Bonchev–Trinajstić information content (AvgIpc) is 2.54. The maximum absolute atomic E-state index is 12.1. The van der Waals surface area contributed by atoms with Crippen molar-refractivity contribution >= 4 is 17.6 Å². The second kappa shape index (κ2) is 7.12. The Labute approximate surface area is 127 Å². The summed E-state index contributed by atoms with van der Waals surface area (Å²) < 4.78 is 10.0. The van der Waals surface area contributed by atoms with E-state index in [1.807, 2.05) is 0 Å². The van der Waals surface area contributed by atoms with Gasteiger partial charge in [-0.3, -0.25) is 4.79 Å². The second-order valence-corrected chi connectivity index (χ2v) is 4.37. The number of carbonyl (C=O) groups is 2. The van der Waals surface area contributed by atoms with Crippen LogP contribution in [0.15, 0.2) is 48.5 Å². The Morgan fingerprint density at radius 1 is 1.09 bits per heavy atom. The molecule has 0 aliphatic heterocycles. The van der Waals surface area contributed by atoms with Gasteiger partial charge in [-0.05, 0) is 42.5 Å². The molecule has 0 aliphatic carbocycles. The Bertz CT molecular complexity index is 666. The maximum Gasteiger partial charge on any atom is 0.255 e. The van der Waals surface area contributed by atoms with Crippen LogP contribution < -0.4 is 19.9 Å². The molecule has 6 heteroatoms. The number of carboxylic acids is 1. The van der Waals surface area contributed by atoms with Crippen molar-refractivity contribution < 1.29 is 24.2 Å². The minimum atomic E-state index is -1.30. The Morgan fingerprint density at radius 2 is 1.82 bits per heavy atom. The number of ether oxygens (including phenoxy) is 2. The highest BCUT2D eigenvalue weighted by Gasteiger charge is 2.07. The molecule has 0 fully saturated rings. The Balaban J connectivity index is 2.00. The number of benzene rings is 2. The van der Waals surface area contributed by atoms with Crippen LogP contribution in [0.25, 0.3) is 0 Å². The molecule has 0 spiro atoms. The molecular weight excluding hydrogens is 286 g/mol. The molecular formula is C16H14NO5-. The Kier molecular flexibility index (Phi) is 4.98. The van der Waals surface area contributed by atoms with E-state index in [-0.39, 0.29) is 5.91 Å². The van der Waals surface area contributed by atoms with Crippen molar-refractivity contribution in [2.75, 3.05) is 19.0 Å². The molecule has 1 amide bonds. The van der Waals surface area contributed by atoms with Gasteiger partial charge in [0.15, 0.2) is 0 Å². The number of anilines is 1. The molecule has 2 rings (SSSR count). The molecule has 2 aromatic carbocycles. The molecule has 0 heterocycles. The summed E-state index contributed by atoms with van der Waals surface area (Å²) in [6.07, 6.45) is 0. The van der Waals surface area contributed by atoms with Gasteiger partial charge in [-0.2, -0.15) is 0 Å².